The third-order valence-corrected chi connectivity index (χ3v) is 4.51. The molecule has 0 saturated carbocycles. The smallest absolute Gasteiger partial charge is 0.355 e. The molecule has 0 unspecified atom stereocenters. The molecule has 29 heavy (non-hydrogen) atoms. The van der Waals surface area contributed by atoms with Crippen LogP contribution in [-0.2, 0) is 20.7 Å². The summed E-state index contributed by atoms with van der Waals surface area (Å²) in [4.78, 5) is 39.3. The number of unbranched alkanes of at least 4 members (excludes halogenated alkanes) is 1. The second-order valence-electron chi connectivity index (χ2n) is 6.77. The van der Waals surface area contributed by atoms with Crippen molar-refractivity contribution in [2.45, 2.75) is 47.0 Å². The number of amides is 1. The minimum Gasteiger partial charge on any atom is -0.461 e. The standard InChI is InChI=1S/C22H28N2O5/c1-5-7-8-16-9-11-17(12-10-16)24-18(25)13-29-21(26)19-14(3)20(23-15(19)4)22(27)28-6-2/h9-12,23H,5-8,13H2,1-4H3,(H,24,25). The summed E-state index contributed by atoms with van der Waals surface area (Å²) in [6.07, 6.45) is 3.26. The molecule has 0 atom stereocenters. The van der Waals surface area contributed by atoms with Gasteiger partial charge in [0.25, 0.3) is 5.91 Å². The second kappa shape index (κ2) is 10.5. The van der Waals surface area contributed by atoms with Gasteiger partial charge in [-0.3, -0.25) is 4.79 Å². The third-order valence-electron chi connectivity index (χ3n) is 4.51. The van der Waals surface area contributed by atoms with Crippen molar-refractivity contribution in [2.75, 3.05) is 18.5 Å². The van der Waals surface area contributed by atoms with Crippen LogP contribution in [0.4, 0.5) is 5.69 Å². The van der Waals surface area contributed by atoms with E-state index in [-0.39, 0.29) is 17.9 Å². The molecule has 0 radical (unpaired) electrons. The molecule has 7 nitrogen and oxygen atoms in total. The summed E-state index contributed by atoms with van der Waals surface area (Å²) < 4.78 is 10.1. The van der Waals surface area contributed by atoms with Crippen LogP contribution in [0.2, 0.25) is 0 Å². The Morgan fingerprint density at radius 3 is 2.31 bits per heavy atom. The van der Waals surface area contributed by atoms with Gasteiger partial charge < -0.3 is 19.8 Å². The molecule has 0 bridgehead atoms. The van der Waals surface area contributed by atoms with Gasteiger partial charge in [-0.15, -0.1) is 0 Å². The van der Waals surface area contributed by atoms with Gasteiger partial charge in [0.15, 0.2) is 6.61 Å². The number of carbonyl (C=O) groups excluding carboxylic acids is 3. The van der Waals surface area contributed by atoms with E-state index in [0.29, 0.717) is 16.9 Å². The molecule has 2 N–H and O–H groups in total. The van der Waals surface area contributed by atoms with Crippen LogP contribution in [0, 0.1) is 13.8 Å². The molecule has 0 spiro atoms. The summed E-state index contributed by atoms with van der Waals surface area (Å²) >= 11 is 0. The van der Waals surface area contributed by atoms with Crippen molar-refractivity contribution in [1.82, 2.24) is 4.98 Å². The first-order valence-electron chi connectivity index (χ1n) is 9.79. The summed E-state index contributed by atoms with van der Waals surface area (Å²) in [5, 5.41) is 2.70. The lowest BCUT2D eigenvalue weighted by Crippen LogP contribution is -2.21. The molecule has 0 saturated heterocycles. The average Bonchev–Trinajstić information content (AvgIpc) is 3.00. The molecule has 2 rings (SSSR count). The Morgan fingerprint density at radius 2 is 1.69 bits per heavy atom. The molecule has 2 aromatic rings. The number of anilines is 1. The molecule has 7 heteroatoms. The van der Waals surface area contributed by atoms with Crippen molar-refractivity contribution in [3.8, 4) is 0 Å². The maximum absolute atomic E-state index is 12.4. The molecule has 0 aliphatic carbocycles. The first-order valence-corrected chi connectivity index (χ1v) is 9.79. The fourth-order valence-electron chi connectivity index (χ4n) is 3.00. The van der Waals surface area contributed by atoms with Gasteiger partial charge in [-0.25, -0.2) is 9.59 Å². The zero-order valence-corrected chi connectivity index (χ0v) is 17.4. The van der Waals surface area contributed by atoms with E-state index in [9.17, 15) is 14.4 Å². The number of rotatable bonds is 9. The lowest BCUT2D eigenvalue weighted by Gasteiger charge is -2.08. The van der Waals surface area contributed by atoms with Crippen LogP contribution in [0.3, 0.4) is 0 Å². The van der Waals surface area contributed by atoms with Crippen molar-refractivity contribution >= 4 is 23.5 Å². The van der Waals surface area contributed by atoms with E-state index < -0.39 is 24.5 Å². The first kappa shape index (κ1) is 22.2. The highest BCUT2D eigenvalue weighted by molar-refractivity contribution is 6.00. The molecule has 0 aliphatic heterocycles. The van der Waals surface area contributed by atoms with Crippen LogP contribution < -0.4 is 5.32 Å². The van der Waals surface area contributed by atoms with E-state index in [1.807, 2.05) is 24.3 Å². The maximum Gasteiger partial charge on any atom is 0.355 e. The topological polar surface area (TPSA) is 97.5 Å². The van der Waals surface area contributed by atoms with Gasteiger partial charge in [-0.05, 0) is 56.9 Å². The quantitative estimate of drug-likeness (QED) is 0.621. The second-order valence-corrected chi connectivity index (χ2v) is 6.77. The zero-order valence-electron chi connectivity index (χ0n) is 17.4. The fourth-order valence-corrected chi connectivity index (χ4v) is 3.00. The number of nitrogens with one attached hydrogen (secondary N) is 2. The van der Waals surface area contributed by atoms with Gasteiger partial charge in [0.05, 0.1) is 12.2 Å². The monoisotopic (exact) mass is 400 g/mol. The van der Waals surface area contributed by atoms with Crippen LogP contribution >= 0.6 is 0 Å². The first-order chi connectivity index (χ1) is 13.9. The van der Waals surface area contributed by atoms with E-state index in [0.717, 1.165) is 19.3 Å². The number of esters is 2. The van der Waals surface area contributed by atoms with E-state index in [1.165, 1.54) is 5.56 Å². The number of aryl methyl sites for hydroxylation is 2. The van der Waals surface area contributed by atoms with E-state index >= 15 is 0 Å². The lowest BCUT2D eigenvalue weighted by molar-refractivity contribution is -0.119. The van der Waals surface area contributed by atoms with Crippen LogP contribution in [0.25, 0.3) is 0 Å². The van der Waals surface area contributed by atoms with Gasteiger partial charge in [0.2, 0.25) is 0 Å². The molecular weight excluding hydrogens is 372 g/mol. The predicted molar refractivity (Wildman–Crippen MR) is 110 cm³/mol. The van der Waals surface area contributed by atoms with E-state index in [2.05, 4.69) is 17.2 Å². The number of benzene rings is 1. The highest BCUT2D eigenvalue weighted by Crippen LogP contribution is 2.20. The van der Waals surface area contributed by atoms with Crippen molar-refractivity contribution < 1.29 is 23.9 Å². The highest BCUT2D eigenvalue weighted by atomic mass is 16.5. The van der Waals surface area contributed by atoms with Crippen molar-refractivity contribution in [2.24, 2.45) is 0 Å². The third kappa shape index (κ3) is 5.94. The Hall–Kier alpha value is -3.09. The molecule has 1 aromatic carbocycles. The van der Waals surface area contributed by atoms with Crippen molar-refractivity contribution in [1.29, 1.82) is 0 Å². The summed E-state index contributed by atoms with van der Waals surface area (Å²) in [6, 6.07) is 7.61. The SMILES string of the molecule is CCCCc1ccc(NC(=O)COC(=O)c2c(C)[nH]c(C(=O)OCC)c2C)cc1. The van der Waals surface area contributed by atoms with Crippen molar-refractivity contribution in [3.63, 3.8) is 0 Å². The Labute approximate surface area is 170 Å². The molecular formula is C22H28N2O5. The largest absolute Gasteiger partial charge is 0.461 e. The Balaban J connectivity index is 1.93. The summed E-state index contributed by atoms with van der Waals surface area (Å²) in [5.41, 5.74) is 3.23. The predicted octanol–water partition coefficient (Wildman–Crippen LogP) is 3.95. The van der Waals surface area contributed by atoms with Gasteiger partial charge in [-0.2, -0.15) is 0 Å². The van der Waals surface area contributed by atoms with Crippen LogP contribution in [0.1, 0.15) is 64.4 Å². The molecule has 1 heterocycles. The fraction of sp³-hybridized carbons (Fsp3) is 0.409. The van der Waals surface area contributed by atoms with Gasteiger partial charge in [-0.1, -0.05) is 25.5 Å². The van der Waals surface area contributed by atoms with E-state index in [4.69, 9.17) is 9.47 Å². The maximum atomic E-state index is 12.4. The highest BCUT2D eigenvalue weighted by Gasteiger charge is 2.24. The van der Waals surface area contributed by atoms with Gasteiger partial charge in [0, 0.05) is 11.4 Å². The average molecular weight is 400 g/mol. The minimum absolute atomic E-state index is 0.212. The minimum atomic E-state index is -0.670. The number of aromatic nitrogens is 1. The number of hydrogen-bond acceptors (Lipinski definition) is 5. The molecule has 0 aliphatic rings. The zero-order chi connectivity index (χ0) is 21.4. The van der Waals surface area contributed by atoms with Crippen LogP contribution in [0.15, 0.2) is 24.3 Å². The number of ether oxygens (including phenoxy) is 2. The molecule has 156 valence electrons. The molecule has 1 amide bonds. The van der Waals surface area contributed by atoms with E-state index in [1.54, 1.807) is 20.8 Å². The Morgan fingerprint density at radius 1 is 1.00 bits per heavy atom. The number of aromatic amines is 1. The number of hydrogen-bond donors (Lipinski definition) is 2. The van der Waals surface area contributed by atoms with Gasteiger partial charge in [0.1, 0.15) is 5.69 Å². The summed E-state index contributed by atoms with van der Waals surface area (Å²) in [6.45, 7) is 6.95. The lowest BCUT2D eigenvalue weighted by atomic mass is 10.1. The molecule has 0 fully saturated rings. The Bertz CT molecular complexity index is 868. The van der Waals surface area contributed by atoms with Crippen LogP contribution in [-0.4, -0.2) is 36.0 Å². The number of H-pyrrole nitrogens is 1. The summed E-state index contributed by atoms with van der Waals surface area (Å²) in [7, 11) is 0. The summed E-state index contributed by atoms with van der Waals surface area (Å²) in [5.74, 6) is -1.64. The normalized spacial score (nSPS) is 10.5. The Kier molecular flexibility index (Phi) is 8.00. The van der Waals surface area contributed by atoms with Crippen LogP contribution in [0.5, 0.6) is 0 Å². The number of carbonyl (C=O) groups is 3. The van der Waals surface area contributed by atoms with Crippen molar-refractivity contribution in [3.05, 3.63) is 52.3 Å². The van der Waals surface area contributed by atoms with Gasteiger partial charge >= 0.3 is 11.9 Å². The molecule has 1 aromatic heterocycles.